The van der Waals surface area contributed by atoms with Crippen LogP contribution in [0.25, 0.3) is 0 Å². The SMILES string of the molecule is NC(=O)c1ccc(CS(=O)c2ccc(N)c(F)c2)c(F)c1. The number of carbonyl (C=O) groups excluding carboxylic acids is 1. The van der Waals surface area contributed by atoms with Gasteiger partial charge >= 0.3 is 0 Å². The lowest BCUT2D eigenvalue weighted by Gasteiger charge is -2.06. The second kappa shape index (κ2) is 6.01. The van der Waals surface area contributed by atoms with Crippen molar-refractivity contribution in [2.75, 3.05) is 5.73 Å². The minimum atomic E-state index is -1.63. The van der Waals surface area contributed by atoms with Crippen LogP contribution in [0.3, 0.4) is 0 Å². The summed E-state index contributed by atoms with van der Waals surface area (Å²) in [4.78, 5) is 11.1. The highest BCUT2D eigenvalue weighted by Crippen LogP contribution is 2.19. The van der Waals surface area contributed by atoms with Crippen LogP contribution in [0.15, 0.2) is 41.3 Å². The first-order chi connectivity index (χ1) is 9.88. The fraction of sp³-hybridized carbons (Fsp3) is 0.0714. The molecular weight excluding hydrogens is 298 g/mol. The molecule has 7 heteroatoms. The van der Waals surface area contributed by atoms with Crippen LogP contribution in [0.5, 0.6) is 0 Å². The van der Waals surface area contributed by atoms with E-state index in [0.29, 0.717) is 0 Å². The predicted molar refractivity (Wildman–Crippen MR) is 75.8 cm³/mol. The number of rotatable bonds is 4. The van der Waals surface area contributed by atoms with E-state index in [1.54, 1.807) is 0 Å². The molecule has 2 aromatic rings. The van der Waals surface area contributed by atoms with E-state index in [0.717, 1.165) is 12.1 Å². The molecule has 1 unspecified atom stereocenters. The minimum absolute atomic E-state index is 0.0283. The molecule has 4 nitrogen and oxygen atoms in total. The molecule has 2 aromatic carbocycles. The van der Waals surface area contributed by atoms with Crippen molar-refractivity contribution in [2.45, 2.75) is 10.6 Å². The largest absolute Gasteiger partial charge is 0.396 e. The third kappa shape index (κ3) is 3.43. The maximum atomic E-state index is 13.8. The van der Waals surface area contributed by atoms with Crippen molar-refractivity contribution in [3.05, 3.63) is 59.2 Å². The van der Waals surface area contributed by atoms with Crippen molar-refractivity contribution in [1.82, 2.24) is 0 Å². The number of benzene rings is 2. The van der Waals surface area contributed by atoms with E-state index in [1.165, 1.54) is 24.3 Å². The van der Waals surface area contributed by atoms with E-state index in [4.69, 9.17) is 11.5 Å². The van der Waals surface area contributed by atoms with E-state index in [-0.39, 0.29) is 27.5 Å². The molecule has 4 N–H and O–H groups in total. The van der Waals surface area contributed by atoms with Crippen molar-refractivity contribution in [1.29, 1.82) is 0 Å². The maximum Gasteiger partial charge on any atom is 0.248 e. The first kappa shape index (κ1) is 15.1. The highest BCUT2D eigenvalue weighted by atomic mass is 32.2. The number of hydrogen-bond donors (Lipinski definition) is 2. The lowest BCUT2D eigenvalue weighted by atomic mass is 10.1. The molecule has 0 heterocycles. The standard InChI is InChI=1S/C14H12F2N2O2S/c15-11-5-8(14(18)19)1-2-9(11)7-21(20)10-3-4-13(17)12(16)6-10/h1-6H,7,17H2,(H2,18,19). The molecule has 1 atom stereocenters. The first-order valence-corrected chi connectivity index (χ1v) is 7.22. The van der Waals surface area contributed by atoms with Gasteiger partial charge in [0.2, 0.25) is 5.91 Å². The normalized spacial score (nSPS) is 12.1. The van der Waals surface area contributed by atoms with Gasteiger partial charge in [0, 0.05) is 16.0 Å². The summed E-state index contributed by atoms with van der Waals surface area (Å²) in [6.07, 6.45) is 0. The molecule has 0 aliphatic carbocycles. The van der Waals surface area contributed by atoms with Crippen molar-refractivity contribution in [3.63, 3.8) is 0 Å². The Morgan fingerprint density at radius 2 is 1.81 bits per heavy atom. The number of nitrogens with two attached hydrogens (primary N) is 2. The minimum Gasteiger partial charge on any atom is -0.396 e. The molecule has 0 aromatic heterocycles. The van der Waals surface area contributed by atoms with Crippen LogP contribution in [-0.2, 0) is 16.6 Å². The van der Waals surface area contributed by atoms with Gasteiger partial charge in [-0.1, -0.05) is 6.07 Å². The topological polar surface area (TPSA) is 86.2 Å². The molecule has 21 heavy (non-hydrogen) atoms. The molecular formula is C14H12F2N2O2S. The fourth-order valence-corrected chi connectivity index (χ4v) is 2.83. The molecule has 0 saturated carbocycles. The van der Waals surface area contributed by atoms with Gasteiger partial charge in [-0.05, 0) is 30.3 Å². The Morgan fingerprint density at radius 3 is 2.38 bits per heavy atom. The van der Waals surface area contributed by atoms with Gasteiger partial charge in [-0.25, -0.2) is 8.78 Å². The molecule has 0 saturated heterocycles. The van der Waals surface area contributed by atoms with Crippen LogP contribution in [0, 0.1) is 11.6 Å². The summed E-state index contributed by atoms with van der Waals surface area (Å²) in [5.74, 6) is -2.25. The number of hydrogen-bond acceptors (Lipinski definition) is 3. The average Bonchev–Trinajstić information content (AvgIpc) is 2.43. The molecule has 2 rings (SSSR count). The van der Waals surface area contributed by atoms with Gasteiger partial charge in [0.1, 0.15) is 11.6 Å². The summed E-state index contributed by atoms with van der Waals surface area (Å²) < 4.78 is 39.2. The van der Waals surface area contributed by atoms with E-state index in [9.17, 15) is 17.8 Å². The Bertz CT molecular complexity index is 735. The number of primary amides is 1. The van der Waals surface area contributed by atoms with Crippen molar-refractivity contribution in [3.8, 4) is 0 Å². The first-order valence-electron chi connectivity index (χ1n) is 5.90. The fourth-order valence-electron chi connectivity index (χ4n) is 1.69. The number of carbonyl (C=O) groups is 1. The van der Waals surface area contributed by atoms with Crippen LogP contribution in [0.1, 0.15) is 15.9 Å². The maximum absolute atomic E-state index is 13.8. The zero-order valence-corrected chi connectivity index (χ0v) is 11.6. The quantitative estimate of drug-likeness (QED) is 0.846. The highest BCUT2D eigenvalue weighted by Gasteiger charge is 2.12. The summed E-state index contributed by atoms with van der Waals surface area (Å²) in [7, 11) is -1.63. The molecule has 0 spiro atoms. The van der Waals surface area contributed by atoms with Gasteiger partial charge in [-0.3, -0.25) is 9.00 Å². The third-order valence-corrected chi connectivity index (χ3v) is 4.21. The Kier molecular flexibility index (Phi) is 4.32. The molecule has 0 radical (unpaired) electrons. The van der Waals surface area contributed by atoms with Gasteiger partial charge in [0.25, 0.3) is 0 Å². The summed E-state index contributed by atoms with van der Waals surface area (Å²) >= 11 is 0. The number of nitrogen functional groups attached to an aromatic ring is 1. The van der Waals surface area contributed by atoms with E-state index in [1.807, 2.05) is 0 Å². The third-order valence-electron chi connectivity index (χ3n) is 2.86. The van der Waals surface area contributed by atoms with Gasteiger partial charge in [0.15, 0.2) is 0 Å². The summed E-state index contributed by atoms with van der Waals surface area (Å²) in [6, 6.07) is 7.45. The van der Waals surface area contributed by atoms with Gasteiger partial charge in [-0.2, -0.15) is 0 Å². The molecule has 1 amide bonds. The summed E-state index contributed by atoms with van der Waals surface area (Å²) in [6.45, 7) is 0. The molecule has 0 bridgehead atoms. The lowest BCUT2D eigenvalue weighted by molar-refractivity contribution is 0.1000. The number of amides is 1. The Labute approximate surface area is 122 Å². The summed E-state index contributed by atoms with van der Waals surface area (Å²) in [5, 5.41) is 0. The van der Waals surface area contributed by atoms with Crippen LogP contribution in [0.4, 0.5) is 14.5 Å². The Morgan fingerprint density at radius 1 is 1.10 bits per heavy atom. The zero-order chi connectivity index (χ0) is 15.6. The van der Waals surface area contributed by atoms with Gasteiger partial charge in [-0.15, -0.1) is 0 Å². The predicted octanol–water partition coefficient (Wildman–Crippen LogP) is 1.95. The van der Waals surface area contributed by atoms with Crippen LogP contribution < -0.4 is 11.5 Å². The van der Waals surface area contributed by atoms with Crippen molar-refractivity contribution in [2.24, 2.45) is 5.73 Å². The second-order valence-corrected chi connectivity index (χ2v) is 5.79. The number of anilines is 1. The van der Waals surface area contributed by atoms with Gasteiger partial charge in [0.05, 0.1) is 22.2 Å². The van der Waals surface area contributed by atoms with Crippen molar-refractivity contribution >= 4 is 22.4 Å². The second-order valence-electron chi connectivity index (χ2n) is 4.34. The van der Waals surface area contributed by atoms with Gasteiger partial charge < -0.3 is 11.5 Å². The van der Waals surface area contributed by atoms with E-state index < -0.39 is 28.3 Å². The lowest BCUT2D eigenvalue weighted by Crippen LogP contribution is -2.11. The van der Waals surface area contributed by atoms with E-state index >= 15 is 0 Å². The Hall–Kier alpha value is -2.28. The van der Waals surface area contributed by atoms with Crippen molar-refractivity contribution < 1.29 is 17.8 Å². The molecule has 110 valence electrons. The smallest absolute Gasteiger partial charge is 0.248 e. The Balaban J connectivity index is 2.23. The molecule has 0 aliphatic heterocycles. The average molecular weight is 310 g/mol. The van der Waals surface area contributed by atoms with E-state index in [2.05, 4.69) is 0 Å². The number of halogens is 2. The highest BCUT2D eigenvalue weighted by molar-refractivity contribution is 7.84. The zero-order valence-electron chi connectivity index (χ0n) is 10.8. The van der Waals surface area contributed by atoms with Crippen LogP contribution in [-0.4, -0.2) is 10.1 Å². The molecule has 0 aliphatic rings. The molecule has 0 fully saturated rings. The van der Waals surface area contributed by atoms with Crippen LogP contribution >= 0.6 is 0 Å². The van der Waals surface area contributed by atoms with Crippen LogP contribution in [0.2, 0.25) is 0 Å². The summed E-state index contributed by atoms with van der Waals surface area (Å²) in [5.41, 5.74) is 10.5. The monoisotopic (exact) mass is 310 g/mol.